The molecule has 0 fully saturated rings. The number of aliphatic hydroxyl groups excluding tert-OH is 3. The van der Waals surface area contributed by atoms with Gasteiger partial charge in [0.05, 0.1) is 12.7 Å². The van der Waals surface area contributed by atoms with Gasteiger partial charge in [-0.15, -0.1) is 0 Å². The smallest absolute Gasteiger partial charge is 0.300 e. The van der Waals surface area contributed by atoms with Crippen LogP contribution < -0.4 is 5.73 Å². The predicted octanol–water partition coefficient (Wildman–Crippen LogP) is -1.86. The molecule has 0 aliphatic rings. The summed E-state index contributed by atoms with van der Waals surface area (Å²) >= 11 is 0. The van der Waals surface area contributed by atoms with Crippen molar-refractivity contribution in [1.29, 1.82) is 0 Å². The first kappa shape index (κ1) is 14.8. The molecule has 0 amide bonds. The molecule has 0 aromatic rings. The van der Waals surface area contributed by atoms with Crippen LogP contribution in [0.5, 0.6) is 0 Å². The van der Waals surface area contributed by atoms with Crippen LogP contribution in [0.4, 0.5) is 0 Å². The van der Waals surface area contributed by atoms with E-state index in [2.05, 4.69) is 0 Å². The Bertz CT molecular complexity index is 126. The fourth-order valence-corrected chi connectivity index (χ4v) is 0.485. The van der Waals surface area contributed by atoms with Gasteiger partial charge < -0.3 is 26.2 Å². The van der Waals surface area contributed by atoms with E-state index in [1.165, 1.54) is 0 Å². The lowest BCUT2D eigenvalue weighted by Crippen LogP contribution is -2.31. The van der Waals surface area contributed by atoms with Gasteiger partial charge in [0.1, 0.15) is 6.10 Å². The van der Waals surface area contributed by atoms with Gasteiger partial charge in [0.15, 0.2) is 0 Å². The normalized spacial score (nSPS) is 13.9. The number of carboxylic acids is 1. The maximum atomic E-state index is 9.00. The third kappa shape index (κ3) is 14.2. The molecule has 0 heterocycles. The van der Waals surface area contributed by atoms with Crippen LogP contribution in [-0.2, 0) is 4.79 Å². The van der Waals surface area contributed by atoms with Gasteiger partial charge in [0, 0.05) is 6.92 Å². The number of rotatable bonds is 4. The van der Waals surface area contributed by atoms with Crippen LogP contribution in [0.2, 0.25) is 0 Å². The summed E-state index contributed by atoms with van der Waals surface area (Å²) < 4.78 is 0. The minimum Gasteiger partial charge on any atom is -0.481 e. The Labute approximate surface area is 76.6 Å². The summed E-state index contributed by atoms with van der Waals surface area (Å²) in [4.78, 5) is 9.00. The molecule has 0 saturated heterocycles. The van der Waals surface area contributed by atoms with Gasteiger partial charge >= 0.3 is 0 Å². The Hall–Kier alpha value is -0.690. The third-order valence-corrected chi connectivity index (χ3v) is 1.09. The molecule has 2 atom stereocenters. The Morgan fingerprint density at radius 1 is 1.38 bits per heavy atom. The van der Waals surface area contributed by atoms with Crippen LogP contribution in [0.1, 0.15) is 13.3 Å². The first-order chi connectivity index (χ1) is 5.95. The van der Waals surface area contributed by atoms with Crippen LogP contribution in [-0.4, -0.2) is 51.8 Å². The molecule has 0 rings (SSSR count). The first-order valence-corrected chi connectivity index (χ1v) is 3.82. The molecule has 0 aromatic heterocycles. The van der Waals surface area contributed by atoms with Gasteiger partial charge in [-0.1, -0.05) is 0 Å². The van der Waals surface area contributed by atoms with Gasteiger partial charge in [0.25, 0.3) is 5.97 Å². The van der Waals surface area contributed by atoms with Crippen LogP contribution in [0, 0.1) is 0 Å². The Morgan fingerprint density at radius 2 is 1.77 bits per heavy atom. The molecule has 0 radical (unpaired) electrons. The zero-order chi connectivity index (χ0) is 10.9. The van der Waals surface area contributed by atoms with Crippen molar-refractivity contribution in [3.63, 3.8) is 0 Å². The summed E-state index contributed by atoms with van der Waals surface area (Å²) in [5, 5.41) is 33.2. The summed E-state index contributed by atoms with van der Waals surface area (Å²) in [6, 6.07) is 0. The number of nitrogens with two attached hydrogens (primary N) is 1. The van der Waals surface area contributed by atoms with Crippen LogP contribution in [0.15, 0.2) is 0 Å². The van der Waals surface area contributed by atoms with Gasteiger partial charge in [0.2, 0.25) is 0 Å². The average Bonchev–Trinajstić information content (AvgIpc) is 2.02. The highest BCUT2D eigenvalue weighted by molar-refractivity contribution is 5.62. The van der Waals surface area contributed by atoms with E-state index >= 15 is 0 Å². The van der Waals surface area contributed by atoms with E-state index < -0.39 is 24.8 Å². The van der Waals surface area contributed by atoms with E-state index in [-0.39, 0.29) is 0 Å². The van der Waals surface area contributed by atoms with E-state index in [4.69, 9.17) is 31.0 Å². The molecule has 0 unspecified atom stereocenters. The van der Waals surface area contributed by atoms with E-state index in [9.17, 15) is 0 Å². The quantitative estimate of drug-likeness (QED) is 0.358. The second-order valence-electron chi connectivity index (χ2n) is 2.41. The van der Waals surface area contributed by atoms with E-state index in [1.807, 2.05) is 0 Å². The number of hydrogen-bond acceptors (Lipinski definition) is 5. The van der Waals surface area contributed by atoms with Crippen molar-refractivity contribution >= 4 is 5.97 Å². The predicted molar refractivity (Wildman–Crippen MR) is 46.1 cm³/mol. The summed E-state index contributed by atoms with van der Waals surface area (Å²) in [5.74, 6) is -0.833. The van der Waals surface area contributed by atoms with E-state index in [0.29, 0.717) is 13.0 Å². The largest absolute Gasteiger partial charge is 0.481 e. The van der Waals surface area contributed by atoms with Gasteiger partial charge in [-0.25, -0.2) is 0 Å². The molecule has 6 heteroatoms. The van der Waals surface area contributed by atoms with Crippen molar-refractivity contribution in [3.8, 4) is 0 Å². The number of hydrogen-bond donors (Lipinski definition) is 5. The lowest BCUT2D eigenvalue weighted by molar-refractivity contribution is -0.134. The van der Waals surface area contributed by atoms with Crippen LogP contribution in [0.25, 0.3) is 0 Å². The topological polar surface area (TPSA) is 124 Å². The molecular formula is C7H17NO5. The van der Waals surface area contributed by atoms with Crippen LogP contribution >= 0.6 is 0 Å². The highest BCUT2D eigenvalue weighted by Gasteiger charge is 2.12. The van der Waals surface area contributed by atoms with E-state index in [0.717, 1.165) is 6.92 Å². The van der Waals surface area contributed by atoms with E-state index in [1.54, 1.807) is 0 Å². The fourth-order valence-electron chi connectivity index (χ4n) is 0.485. The molecule has 0 aliphatic heterocycles. The molecule has 13 heavy (non-hydrogen) atoms. The van der Waals surface area contributed by atoms with Crippen molar-refractivity contribution in [3.05, 3.63) is 0 Å². The monoisotopic (exact) mass is 195 g/mol. The second-order valence-corrected chi connectivity index (χ2v) is 2.41. The van der Waals surface area contributed by atoms with Gasteiger partial charge in [-0.2, -0.15) is 0 Å². The summed E-state index contributed by atoms with van der Waals surface area (Å²) in [6.45, 7) is 0.986. The van der Waals surface area contributed by atoms with Crippen molar-refractivity contribution in [2.45, 2.75) is 25.6 Å². The Morgan fingerprint density at radius 3 is 2.00 bits per heavy atom. The Kier molecular flexibility index (Phi) is 10.7. The van der Waals surface area contributed by atoms with Crippen molar-refractivity contribution in [1.82, 2.24) is 0 Å². The average molecular weight is 195 g/mol. The van der Waals surface area contributed by atoms with Crippen molar-refractivity contribution < 1.29 is 25.2 Å². The number of carboxylic acid groups (broad SMARTS) is 1. The fraction of sp³-hybridized carbons (Fsp3) is 0.857. The maximum Gasteiger partial charge on any atom is 0.300 e. The minimum absolute atomic E-state index is 0.318. The first-order valence-electron chi connectivity index (χ1n) is 3.82. The maximum absolute atomic E-state index is 9.00. The molecule has 0 spiro atoms. The molecule has 0 bridgehead atoms. The SMILES string of the molecule is CC(=O)O.NCC[C@H](O)[C@H](O)CO. The minimum atomic E-state index is -1.05. The molecule has 6 nitrogen and oxygen atoms in total. The summed E-state index contributed by atoms with van der Waals surface area (Å²) in [7, 11) is 0. The molecule has 6 N–H and O–H groups in total. The molecule has 0 aliphatic carbocycles. The van der Waals surface area contributed by atoms with Gasteiger partial charge in [-0.05, 0) is 13.0 Å². The summed E-state index contributed by atoms with van der Waals surface area (Å²) in [6.07, 6.45) is -1.62. The third-order valence-electron chi connectivity index (χ3n) is 1.09. The molecule has 80 valence electrons. The molecule has 0 aromatic carbocycles. The van der Waals surface area contributed by atoms with Gasteiger partial charge in [-0.3, -0.25) is 4.79 Å². The van der Waals surface area contributed by atoms with Crippen molar-refractivity contribution in [2.24, 2.45) is 5.73 Å². The lowest BCUT2D eigenvalue weighted by atomic mass is 10.1. The summed E-state index contributed by atoms with van der Waals surface area (Å²) in [5.41, 5.74) is 5.07. The molecular weight excluding hydrogens is 178 g/mol. The lowest BCUT2D eigenvalue weighted by Gasteiger charge is -2.13. The Balaban J connectivity index is 0. The highest BCUT2D eigenvalue weighted by atomic mass is 16.4. The standard InChI is InChI=1S/C5H13NO3.C2H4O2/c6-2-1-4(8)5(9)3-7;1-2(3)4/h4-5,7-9H,1-3,6H2;1H3,(H,3,4)/t4-,5+;/m0./s1. The highest BCUT2D eigenvalue weighted by Crippen LogP contribution is 1.95. The molecule has 0 saturated carbocycles. The van der Waals surface area contributed by atoms with Crippen LogP contribution in [0.3, 0.4) is 0 Å². The number of aliphatic hydroxyl groups is 3. The number of carbonyl (C=O) groups is 1. The second kappa shape index (κ2) is 9.40. The number of aliphatic carboxylic acids is 1. The zero-order valence-corrected chi connectivity index (χ0v) is 7.55. The van der Waals surface area contributed by atoms with Crippen molar-refractivity contribution in [2.75, 3.05) is 13.2 Å². The zero-order valence-electron chi connectivity index (χ0n) is 7.55.